The van der Waals surface area contributed by atoms with Crippen molar-refractivity contribution >= 4 is 23.4 Å². The number of hydrogen-bond donors (Lipinski definition) is 4. The third-order valence-corrected chi connectivity index (χ3v) is 13.0. The Morgan fingerprint density at radius 2 is 1.65 bits per heavy atom. The number of Topliss-reactive ketones (excluding diaryl/α,β-unsaturated/α-hetero) is 2. The van der Waals surface area contributed by atoms with Gasteiger partial charge >= 0.3 is 5.97 Å². The zero-order valence-electron chi connectivity index (χ0n) is 35.1. The van der Waals surface area contributed by atoms with Crippen molar-refractivity contribution in [1.29, 1.82) is 0 Å². The Labute approximate surface area is 338 Å². The summed E-state index contributed by atoms with van der Waals surface area (Å²) >= 11 is 0. The van der Waals surface area contributed by atoms with Crippen LogP contribution in [0.2, 0.25) is 0 Å². The van der Waals surface area contributed by atoms with Crippen LogP contribution in [0.3, 0.4) is 0 Å². The first-order chi connectivity index (χ1) is 27.0. The van der Waals surface area contributed by atoms with E-state index in [1.165, 1.54) is 19.1 Å². The second kappa shape index (κ2) is 21.0. The summed E-state index contributed by atoms with van der Waals surface area (Å²) in [6, 6.07) is -1.16. The largest absolute Gasteiger partial charge is 0.456 e. The van der Waals surface area contributed by atoms with Gasteiger partial charge in [-0.2, -0.15) is 0 Å². The number of aliphatic hydroxyl groups excluding tert-OH is 3. The molecule has 57 heavy (non-hydrogen) atoms. The number of hydrogen-bond acceptors (Lipinski definition) is 12. The number of rotatable bonds is 7. The summed E-state index contributed by atoms with van der Waals surface area (Å²) in [7, 11) is 3.05. The third-order valence-electron chi connectivity index (χ3n) is 13.0. The molecule has 3 heterocycles. The molecule has 14 atom stereocenters. The number of amides is 1. The number of aliphatic hydroxyl groups is 4. The quantitative estimate of drug-likeness (QED) is 0.163. The van der Waals surface area contributed by atoms with Crippen molar-refractivity contribution in [2.24, 2.45) is 35.5 Å². The van der Waals surface area contributed by atoms with E-state index in [0.717, 1.165) is 0 Å². The molecule has 2 bridgehead atoms. The molecular weight excluding hydrogens is 734 g/mol. The molecule has 3 aliphatic heterocycles. The molecule has 1 aliphatic carbocycles. The molecule has 4 rings (SSSR count). The van der Waals surface area contributed by atoms with Crippen LogP contribution >= 0.6 is 0 Å². The van der Waals surface area contributed by atoms with Gasteiger partial charge in [0.25, 0.3) is 11.7 Å². The van der Waals surface area contributed by atoms with E-state index in [0.29, 0.717) is 62.5 Å². The summed E-state index contributed by atoms with van der Waals surface area (Å²) in [5.41, 5.74) is 1.14. The van der Waals surface area contributed by atoms with Crippen molar-refractivity contribution in [3.8, 4) is 0 Å². The van der Waals surface area contributed by atoms with Crippen LogP contribution in [0.25, 0.3) is 0 Å². The van der Waals surface area contributed by atoms with Gasteiger partial charge in [0.15, 0.2) is 5.78 Å². The molecule has 0 aromatic heterocycles. The van der Waals surface area contributed by atoms with Gasteiger partial charge in [-0.25, -0.2) is 4.79 Å². The fourth-order valence-electron chi connectivity index (χ4n) is 9.53. The second-order valence-corrected chi connectivity index (χ2v) is 17.4. The minimum Gasteiger partial charge on any atom is -0.456 e. The number of esters is 1. The number of fused-ring (bicyclic) bond motifs is 3. The maximum absolute atomic E-state index is 14.3. The summed E-state index contributed by atoms with van der Waals surface area (Å²) in [6.45, 7) is 12.9. The second-order valence-electron chi connectivity index (χ2n) is 17.4. The molecule has 1 amide bonds. The standard InChI is InChI=1S/C44H69NO12/c1-9-12-31-18-25(2)17-26(3)19-37(54-7)40-38(55-8)21-28(5)44(53,57-40)41(50)42(51)45-16-11-10-13-33(45)43(52)56-39(29(6)35(48)23-36(31)49)27(4)20-30-14-15-34(47)32(22-30)24-46/h9,18,20,25-26,28-30,32-35,37-40,46-48,53H,1,10-17,19,21-24H2,2-8H3. The van der Waals surface area contributed by atoms with E-state index in [9.17, 15) is 39.6 Å². The summed E-state index contributed by atoms with van der Waals surface area (Å²) in [4.78, 5) is 57.7. The van der Waals surface area contributed by atoms with Crippen LogP contribution in [0.5, 0.6) is 0 Å². The molecule has 0 radical (unpaired) electrons. The summed E-state index contributed by atoms with van der Waals surface area (Å²) in [6.07, 6.45) is 4.95. The minimum atomic E-state index is -2.52. The van der Waals surface area contributed by atoms with Gasteiger partial charge in [-0.15, -0.1) is 6.58 Å². The van der Waals surface area contributed by atoms with Crippen molar-refractivity contribution in [2.45, 2.75) is 154 Å². The molecule has 0 spiro atoms. The van der Waals surface area contributed by atoms with Gasteiger partial charge in [0.1, 0.15) is 18.2 Å². The fraction of sp³-hybridized carbons (Fsp3) is 0.773. The lowest BCUT2D eigenvalue weighted by Gasteiger charge is -2.47. The highest BCUT2D eigenvalue weighted by Crippen LogP contribution is 2.39. The smallest absolute Gasteiger partial charge is 0.329 e. The van der Waals surface area contributed by atoms with Gasteiger partial charge in [0.2, 0.25) is 5.79 Å². The Morgan fingerprint density at radius 1 is 0.965 bits per heavy atom. The SMILES string of the molecule is C=CCC1=CC(C)CC(C)CC(OC)C2OC(O)(C(=O)C(=O)N3CCCCC3C(=O)OC(C(C)=CC3CCC(O)C(CO)C3)C(C)C(O)CC1=O)C(C)CC2OC. The van der Waals surface area contributed by atoms with Gasteiger partial charge in [0.05, 0.1) is 24.4 Å². The first-order valence-corrected chi connectivity index (χ1v) is 21.0. The Morgan fingerprint density at radius 3 is 2.30 bits per heavy atom. The van der Waals surface area contributed by atoms with Crippen LogP contribution in [-0.4, -0.2) is 125 Å². The Balaban J connectivity index is 1.78. The molecule has 322 valence electrons. The molecule has 0 aromatic carbocycles. The van der Waals surface area contributed by atoms with E-state index in [1.807, 2.05) is 26.0 Å². The zero-order chi connectivity index (χ0) is 42.2. The molecule has 14 unspecified atom stereocenters. The van der Waals surface area contributed by atoms with Crippen molar-refractivity contribution < 1.29 is 58.6 Å². The number of nitrogens with zero attached hydrogens (tertiary/aromatic N) is 1. The van der Waals surface area contributed by atoms with E-state index < -0.39 is 77.9 Å². The highest BCUT2D eigenvalue weighted by atomic mass is 16.7. The molecular formula is C44H69NO12. The molecule has 0 aromatic rings. The molecule has 3 fully saturated rings. The van der Waals surface area contributed by atoms with Crippen LogP contribution in [0.1, 0.15) is 105 Å². The molecule has 4 aliphatic rings. The monoisotopic (exact) mass is 803 g/mol. The van der Waals surface area contributed by atoms with Gasteiger partial charge in [-0.05, 0) is 100 Å². The number of ketones is 2. The lowest BCUT2D eigenvalue weighted by Crippen LogP contribution is -2.64. The van der Waals surface area contributed by atoms with E-state index in [4.69, 9.17) is 18.9 Å². The van der Waals surface area contributed by atoms with Crippen LogP contribution in [0.15, 0.2) is 36.0 Å². The molecule has 4 N–H and O–H groups in total. The Kier molecular flexibility index (Phi) is 17.2. The van der Waals surface area contributed by atoms with E-state index >= 15 is 0 Å². The molecule has 13 heteroatoms. The maximum atomic E-state index is 14.3. The highest BCUT2D eigenvalue weighted by Gasteiger charge is 2.56. The third kappa shape index (κ3) is 11.3. The number of methoxy groups -OCH3 is 2. The first-order valence-electron chi connectivity index (χ1n) is 21.0. The predicted octanol–water partition coefficient (Wildman–Crippen LogP) is 4.23. The summed E-state index contributed by atoms with van der Waals surface area (Å²) in [5.74, 6) is -7.75. The fourth-order valence-corrected chi connectivity index (χ4v) is 9.53. The number of piperidine rings is 1. The van der Waals surface area contributed by atoms with Crippen molar-refractivity contribution in [3.63, 3.8) is 0 Å². The van der Waals surface area contributed by atoms with Crippen LogP contribution in [0.4, 0.5) is 0 Å². The Bertz CT molecular complexity index is 1480. The highest BCUT2D eigenvalue weighted by molar-refractivity contribution is 6.39. The Hall–Kier alpha value is -2.78. The van der Waals surface area contributed by atoms with Crippen LogP contribution in [-0.2, 0) is 38.1 Å². The van der Waals surface area contributed by atoms with Gasteiger partial charge in [-0.1, -0.05) is 45.9 Å². The number of carbonyl (C=O) groups is 4. The number of carbonyl (C=O) groups excluding carboxylic acids is 4. The predicted molar refractivity (Wildman–Crippen MR) is 212 cm³/mol. The summed E-state index contributed by atoms with van der Waals surface area (Å²) < 4.78 is 24.2. The minimum absolute atomic E-state index is 0.0276. The van der Waals surface area contributed by atoms with E-state index in [2.05, 4.69) is 6.58 Å². The average Bonchev–Trinajstić information content (AvgIpc) is 3.18. The number of allylic oxidation sites excluding steroid dienone is 4. The molecule has 2 saturated heterocycles. The molecule has 13 nitrogen and oxygen atoms in total. The van der Waals surface area contributed by atoms with Gasteiger partial charge in [-0.3, -0.25) is 14.4 Å². The van der Waals surface area contributed by atoms with Crippen molar-refractivity contribution in [2.75, 3.05) is 27.4 Å². The van der Waals surface area contributed by atoms with Gasteiger partial charge < -0.3 is 44.3 Å². The van der Waals surface area contributed by atoms with Crippen LogP contribution < -0.4 is 0 Å². The van der Waals surface area contributed by atoms with Crippen molar-refractivity contribution in [3.05, 3.63) is 36.0 Å². The maximum Gasteiger partial charge on any atom is 0.329 e. The van der Waals surface area contributed by atoms with Crippen molar-refractivity contribution in [1.82, 2.24) is 4.90 Å². The summed E-state index contributed by atoms with van der Waals surface area (Å²) in [5, 5.41) is 44.0. The lowest BCUT2D eigenvalue weighted by molar-refractivity contribution is -0.302. The number of cyclic esters (lactones) is 1. The average molecular weight is 804 g/mol. The van der Waals surface area contributed by atoms with E-state index in [1.54, 1.807) is 26.8 Å². The number of ether oxygens (including phenoxy) is 4. The normalized spacial score (nSPS) is 40.1. The first kappa shape index (κ1) is 46.9. The topological polar surface area (TPSA) is 189 Å². The molecule has 1 saturated carbocycles. The van der Waals surface area contributed by atoms with E-state index in [-0.39, 0.29) is 61.9 Å². The zero-order valence-corrected chi connectivity index (χ0v) is 35.1. The van der Waals surface area contributed by atoms with Crippen LogP contribution in [0, 0.1) is 35.5 Å². The lowest BCUT2D eigenvalue weighted by atomic mass is 9.78. The van der Waals surface area contributed by atoms with Gasteiger partial charge in [0, 0.05) is 51.5 Å².